The minimum absolute atomic E-state index is 0.278. The zero-order valence-corrected chi connectivity index (χ0v) is 13.1. The molecule has 0 bridgehead atoms. The third kappa shape index (κ3) is 4.60. The molecule has 0 aliphatic carbocycles. The maximum atomic E-state index is 4.09. The molecule has 2 rings (SSSR count). The summed E-state index contributed by atoms with van der Waals surface area (Å²) in [6, 6.07) is 8.66. The number of nitrogens with one attached hydrogen (secondary N) is 1. The Hall–Kier alpha value is -0.910. The molecule has 0 fully saturated rings. The zero-order chi connectivity index (χ0) is 13.5. The highest BCUT2D eigenvalue weighted by atomic mass is 79.9. The molecule has 0 amide bonds. The Bertz CT molecular complexity index is 490. The van der Waals surface area contributed by atoms with Gasteiger partial charge >= 0.3 is 0 Å². The van der Waals surface area contributed by atoms with Crippen LogP contribution in [0.1, 0.15) is 18.5 Å². The fourth-order valence-electron chi connectivity index (χ4n) is 1.72. The molecule has 100 valence electrons. The molecule has 0 aliphatic rings. The van der Waals surface area contributed by atoms with Crippen LogP contribution in [0.15, 0.2) is 52.4 Å². The van der Waals surface area contributed by atoms with Crippen molar-refractivity contribution in [3.8, 4) is 0 Å². The fraction of sp³-hybridized carbons (Fsp3) is 0.286. The Labute approximate surface area is 126 Å². The average Bonchev–Trinajstić information content (AvgIpc) is 2.46. The largest absolute Gasteiger partial charge is 0.309 e. The summed E-state index contributed by atoms with van der Waals surface area (Å²) in [5, 5.41) is 3.47. The second kappa shape index (κ2) is 7.62. The second-order valence-corrected chi connectivity index (χ2v) is 6.06. The molecule has 0 radical (unpaired) electrons. The molecule has 1 aromatic heterocycles. The summed E-state index contributed by atoms with van der Waals surface area (Å²) >= 11 is 5.28. The molecule has 5 heteroatoms. The molecule has 1 atom stereocenters. The number of thioether (sulfide) groups is 1. The van der Waals surface area contributed by atoms with Crippen LogP contribution in [-0.2, 0) is 0 Å². The van der Waals surface area contributed by atoms with Crippen molar-refractivity contribution in [1.82, 2.24) is 15.3 Å². The molecule has 1 heterocycles. The van der Waals surface area contributed by atoms with E-state index in [4.69, 9.17) is 0 Å². The summed E-state index contributed by atoms with van der Waals surface area (Å²) in [5.74, 6) is 0.961. The number of nitrogens with zero attached hydrogens (tertiary/aromatic N) is 2. The number of halogens is 1. The summed E-state index contributed by atoms with van der Waals surface area (Å²) in [6.45, 7) is 3.04. The first-order valence-corrected chi connectivity index (χ1v) is 7.94. The van der Waals surface area contributed by atoms with Gasteiger partial charge in [0.25, 0.3) is 0 Å². The third-order valence-corrected chi connectivity index (χ3v) is 4.30. The first-order valence-electron chi connectivity index (χ1n) is 6.16. The van der Waals surface area contributed by atoms with E-state index < -0.39 is 0 Å². The van der Waals surface area contributed by atoms with Crippen molar-refractivity contribution in [2.45, 2.75) is 17.9 Å². The van der Waals surface area contributed by atoms with Gasteiger partial charge in [0.1, 0.15) is 6.33 Å². The lowest BCUT2D eigenvalue weighted by molar-refractivity contribution is 0.601. The molecule has 1 unspecified atom stereocenters. The Morgan fingerprint density at radius 3 is 2.53 bits per heavy atom. The normalized spacial score (nSPS) is 12.3. The lowest BCUT2D eigenvalue weighted by Gasteiger charge is -2.17. The fourth-order valence-corrected chi connectivity index (χ4v) is 2.98. The van der Waals surface area contributed by atoms with Gasteiger partial charge in [0.15, 0.2) is 0 Å². The van der Waals surface area contributed by atoms with Gasteiger partial charge in [-0.05, 0) is 30.8 Å². The Kier molecular flexibility index (Phi) is 5.82. The smallest absolute Gasteiger partial charge is 0.115 e. The first-order chi connectivity index (χ1) is 9.29. The van der Waals surface area contributed by atoms with Gasteiger partial charge in [0, 0.05) is 39.1 Å². The van der Waals surface area contributed by atoms with Gasteiger partial charge in [-0.1, -0.05) is 22.9 Å². The molecule has 1 N–H and O–H groups in total. The summed E-state index contributed by atoms with van der Waals surface area (Å²) in [7, 11) is 0. The average molecular weight is 338 g/mol. The first kappa shape index (κ1) is 14.5. The van der Waals surface area contributed by atoms with Crippen LogP contribution in [0, 0.1) is 0 Å². The van der Waals surface area contributed by atoms with E-state index in [9.17, 15) is 0 Å². The maximum absolute atomic E-state index is 4.09. The third-order valence-electron chi connectivity index (χ3n) is 2.66. The predicted octanol–water partition coefficient (Wildman–Crippen LogP) is 3.68. The topological polar surface area (TPSA) is 37.8 Å². The van der Waals surface area contributed by atoms with Gasteiger partial charge in [-0.3, -0.25) is 0 Å². The maximum Gasteiger partial charge on any atom is 0.115 e. The molecular formula is C14H16BrN3S. The van der Waals surface area contributed by atoms with Crippen molar-refractivity contribution in [2.24, 2.45) is 0 Å². The SMILES string of the molecule is CCNC(CSc1ccc(Br)cc1)c1cncnc1. The quantitative estimate of drug-likeness (QED) is 0.816. The second-order valence-electron chi connectivity index (χ2n) is 4.05. The number of rotatable bonds is 6. The summed E-state index contributed by atoms with van der Waals surface area (Å²) in [5.41, 5.74) is 1.13. The van der Waals surface area contributed by atoms with E-state index in [0.29, 0.717) is 0 Å². The minimum atomic E-state index is 0.278. The Morgan fingerprint density at radius 1 is 1.21 bits per heavy atom. The highest BCUT2D eigenvalue weighted by Crippen LogP contribution is 2.25. The van der Waals surface area contributed by atoms with E-state index in [1.807, 2.05) is 24.2 Å². The van der Waals surface area contributed by atoms with Gasteiger partial charge in [0.05, 0.1) is 0 Å². The summed E-state index contributed by atoms with van der Waals surface area (Å²) in [6.07, 6.45) is 5.32. The van der Waals surface area contributed by atoms with Gasteiger partial charge in [0.2, 0.25) is 0 Å². The van der Waals surface area contributed by atoms with Crippen LogP contribution in [0.3, 0.4) is 0 Å². The van der Waals surface area contributed by atoms with Crippen molar-refractivity contribution < 1.29 is 0 Å². The number of hydrogen-bond acceptors (Lipinski definition) is 4. The van der Waals surface area contributed by atoms with Gasteiger partial charge in [-0.25, -0.2) is 9.97 Å². The number of hydrogen-bond donors (Lipinski definition) is 1. The van der Waals surface area contributed by atoms with Crippen molar-refractivity contribution in [1.29, 1.82) is 0 Å². The van der Waals surface area contributed by atoms with E-state index >= 15 is 0 Å². The van der Waals surface area contributed by atoms with E-state index in [0.717, 1.165) is 22.3 Å². The molecule has 0 saturated carbocycles. The minimum Gasteiger partial charge on any atom is -0.309 e. The van der Waals surface area contributed by atoms with Crippen molar-refractivity contribution in [2.75, 3.05) is 12.3 Å². The molecule has 0 aliphatic heterocycles. The van der Waals surface area contributed by atoms with E-state index in [1.165, 1.54) is 4.90 Å². The molecule has 3 nitrogen and oxygen atoms in total. The highest BCUT2D eigenvalue weighted by Gasteiger charge is 2.11. The van der Waals surface area contributed by atoms with Crippen LogP contribution in [0.2, 0.25) is 0 Å². The van der Waals surface area contributed by atoms with Crippen LogP contribution >= 0.6 is 27.7 Å². The van der Waals surface area contributed by atoms with Crippen LogP contribution in [0.5, 0.6) is 0 Å². The predicted molar refractivity (Wildman–Crippen MR) is 83.3 cm³/mol. The van der Waals surface area contributed by atoms with Crippen LogP contribution < -0.4 is 5.32 Å². The Morgan fingerprint density at radius 2 is 1.89 bits per heavy atom. The van der Waals surface area contributed by atoms with E-state index in [2.05, 4.69) is 62.4 Å². The molecule has 0 saturated heterocycles. The lowest BCUT2D eigenvalue weighted by atomic mass is 10.2. The molecular weight excluding hydrogens is 322 g/mol. The monoisotopic (exact) mass is 337 g/mol. The molecule has 0 spiro atoms. The van der Waals surface area contributed by atoms with Crippen molar-refractivity contribution in [3.05, 3.63) is 53.0 Å². The van der Waals surface area contributed by atoms with Gasteiger partial charge in [-0.2, -0.15) is 0 Å². The van der Waals surface area contributed by atoms with E-state index in [1.54, 1.807) is 6.33 Å². The van der Waals surface area contributed by atoms with Gasteiger partial charge < -0.3 is 5.32 Å². The summed E-state index contributed by atoms with van der Waals surface area (Å²) in [4.78, 5) is 9.44. The molecule has 19 heavy (non-hydrogen) atoms. The van der Waals surface area contributed by atoms with Crippen LogP contribution in [0.4, 0.5) is 0 Å². The summed E-state index contributed by atoms with van der Waals surface area (Å²) < 4.78 is 1.11. The van der Waals surface area contributed by atoms with Crippen LogP contribution in [-0.4, -0.2) is 22.3 Å². The molecule has 2 aromatic rings. The molecule has 1 aromatic carbocycles. The number of aromatic nitrogens is 2. The van der Waals surface area contributed by atoms with E-state index in [-0.39, 0.29) is 6.04 Å². The van der Waals surface area contributed by atoms with Crippen molar-refractivity contribution in [3.63, 3.8) is 0 Å². The van der Waals surface area contributed by atoms with Crippen LogP contribution in [0.25, 0.3) is 0 Å². The number of benzene rings is 1. The van der Waals surface area contributed by atoms with Gasteiger partial charge in [-0.15, -0.1) is 11.8 Å². The van der Waals surface area contributed by atoms with Crippen molar-refractivity contribution >= 4 is 27.7 Å². The highest BCUT2D eigenvalue weighted by molar-refractivity contribution is 9.10. The zero-order valence-electron chi connectivity index (χ0n) is 10.7. The Balaban J connectivity index is 1.99. The lowest BCUT2D eigenvalue weighted by Crippen LogP contribution is -2.23. The standard InChI is InChI=1S/C14H16BrN3S/c1-2-18-14(11-7-16-10-17-8-11)9-19-13-5-3-12(15)4-6-13/h3-8,10,14,18H,2,9H2,1H3.